The Morgan fingerprint density at radius 3 is 2.67 bits per heavy atom. The number of ether oxygens (including phenoxy) is 2. The molecule has 0 amide bonds. The molecule has 0 saturated heterocycles. The molecule has 2 rings (SSSR count). The van der Waals surface area contributed by atoms with Gasteiger partial charge in [-0.3, -0.25) is 0 Å². The highest BCUT2D eigenvalue weighted by Crippen LogP contribution is 2.34. The van der Waals surface area contributed by atoms with E-state index in [1.54, 1.807) is 0 Å². The van der Waals surface area contributed by atoms with Gasteiger partial charge < -0.3 is 20.5 Å². The van der Waals surface area contributed by atoms with E-state index in [4.69, 9.17) is 15.2 Å². The van der Waals surface area contributed by atoms with Gasteiger partial charge in [0.05, 0.1) is 0 Å². The van der Waals surface area contributed by atoms with Crippen LogP contribution in [0.3, 0.4) is 0 Å². The predicted molar refractivity (Wildman–Crippen MR) is 72.1 cm³/mol. The van der Waals surface area contributed by atoms with E-state index in [2.05, 4.69) is 24.4 Å². The summed E-state index contributed by atoms with van der Waals surface area (Å²) in [6.07, 6.45) is 1.000. The van der Waals surface area contributed by atoms with E-state index in [1.165, 1.54) is 5.56 Å². The Morgan fingerprint density at radius 1 is 1.28 bits per heavy atom. The molecule has 0 radical (unpaired) electrons. The Kier molecular flexibility index (Phi) is 4.44. The second kappa shape index (κ2) is 6.07. The van der Waals surface area contributed by atoms with Gasteiger partial charge in [-0.25, -0.2) is 0 Å². The number of hydrogen-bond acceptors (Lipinski definition) is 4. The van der Waals surface area contributed by atoms with Gasteiger partial charge in [-0.2, -0.15) is 0 Å². The Hall–Kier alpha value is -1.26. The van der Waals surface area contributed by atoms with Crippen molar-refractivity contribution in [3.63, 3.8) is 0 Å². The van der Waals surface area contributed by atoms with Gasteiger partial charge in [-0.05, 0) is 43.6 Å². The number of nitrogens with two attached hydrogens (primary N) is 1. The average molecular weight is 250 g/mol. The lowest BCUT2D eigenvalue weighted by molar-refractivity contribution is 0.171. The van der Waals surface area contributed by atoms with Crippen molar-refractivity contribution in [2.75, 3.05) is 26.8 Å². The van der Waals surface area contributed by atoms with Crippen molar-refractivity contribution >= 4 is 0 Å². The van der Waals surface area contributed by atoms with Gasteiger partial charge in [0, 0.05) is 6.04 Å². The van der Waals surface area contributed by atoms with Crippen LogP contribution < -0.4 is 20.5 Å². The summed E-state index contributed by atoms with van der Waals surface area (Å²) in [6.45, 7) is 4.18. The number of fused-ring (bicyclic) bond motifs is 1. The molecule has 1 aliphatic heterocycles. The molecular formula is C14H22N2O2. The summed E-state index contributed by atoms with van der Waals surface area (Å²) in [6, 6.07) is 6.46. The number of hydrogen-bond donors (Lipinski definition) is 2. The Morgan fingerprint density at radius 2 is 2.00 bits per heavy atom. The van der Waals surface area contributed by atoms with Crippen LogP contribution in [0.25, 0.3) is 0 Å². The third-order valence-corrected chi connectivity index (χ3v) is 3.43. The fraction of sp³-hybridized carbons (Fsp3) is 0.571. The van der Waals surface area contributed by atoms with Gasteiger partial charge >= 0.3 is 0 Å². The first kappa shape index (κ1) is 13.2. The molecule has 1 heterocycles. The number of benzene rings is 1. The van der Waals surface area contributed by atoms with Gasteiger partial charge in [0.15, 0.2) is 11.5 Å². The third kappa shape index (κ3) is 2.76. The molecular weight excluding hydrogens is 228 g/mol. The van der Waals surface area contributed by atoms with E-state index in [0.717, 1.165) is 17.9 Å². The predicted octanol–water partition coefficient (Wildman–Crippen LogP) is 1.70. The van der Waals surface area contributed by atoms with E-state index in [0.29, 0.717) is 31.7 Å². The molecule has 4 nitrogen and oxygen atoms in total. The molecule has 0 aliphatic carbocycles. The van der Waals surface area contributed by atoms with Crippen LogP contribution in [0.15, 0.2) is 18.2 Å². The van der Waals surface area contributed by atoms with Gasteiger partial charge in [-0.1, -0.05) is 13.0 Å². The van der Waals surface area contributed by atoms with Gasteiger partial charge in [0.1, 0.15) is 13.2 Å². The first-order chi connectivity index (χ1) is 8.76. The molecule has 18 heavy (non-hydrogen) atoms. The second-order valence-corrected chi connectivity index (χ2v) is 4.72. The van der Waals surface area contributed by atoms with E-state index in [-0.39, 0.29) is 0 Å². The smallest absolute Gasteiger partial charge is 0.161 e. The Balaban J connectivity index is 2.20. The number of nitrogens with one attached hydrogen (secondary N) is 1. The summed E-state index contributed by atoms with van der Waals surface area (Å²) >= 11 is 0. The van der Waals surface area contributed by atoms with Crippen LogP contribution in [0.2, 0.25) is 0 Å². The maximum absolute atomic E-state index is 5.64. The van der Waals surface area contributed by atoms with Crippen LogP contribution >= 0.6 is 0 Å². The van der Waals surface area contributed by atoms with E-state index in [9.17, 15) is 0 Å². The Bertz CT molecular complexity index is 395. The van der Waals surface area contributed by atoms with Crippen molar-refractivity contribution in [2.24, 2.45) is 11.7 Å². The topological polar surface area (TPSA) is 56.5 Å². The highest BCUT2D eigenvalue weighted by molar-refractivity contribution is 5.44. The lowest BCUT2D eigenvalue weighted by Gasteiger charge is -2.26. The summed E-state index contributed by atoms with van der Waals surface area (Å²) < 4.78 is 11.2. The van der Waals surface area contributed by atoms with Crippen LogP contribution in [-0.2, 0) is 0 Å². The molecule has 0 saturated carbocycles. The molecule has 0 aromatic heterocycles. The molecule has 3 N–H and O–H groups in total. The van der Waals surface area contributed by atoms with Crippen LogP contribution in [0.5, 0.6) is 11.5 Å². The van der Waals surface area contributed by atoms with E-state index in [1.807, 2.05) is 13.1 Å². The summed E-state index contributed by atoms with van der Waals surface area (Å²) in [5.74, 6) is 2.17. The Labute approximate surface area is 108 Å². The SMILES string of the molecule is CNC(c1ccc2c(c1)OCCO2)C(C)CCN. The fourth-order valence-corrected chi connectivity index (χ4v) is 2.46. The molecule has 2 unspecified atom stereocenters. The van der Waals surface area contributed by atoms with Crippen molar-refractivity contribution in [1.29, 1.82) is 0 Å². The van der Waals surface area contributed by atoms with E-state index >= 15 is 0 Å². The normalized spacial score (nSPS) is 17.3. The lowest BCUT2D eigenvalue weighted by Crippen LogP contribution is -2.25. The van der Waals surface area contributed by atoms with Gasteiger partial charge in [-0.15, -0.1) is 0 Å². The minimum atomic E-state index is 0.296. The standard InChI is InChI=1S/C14H22N2O2/c1-10(5-6-15)14(16-2)11-3-4-12-13(9-11)18-8-7-17-12/h3-4,9-10,14,16H,5-8,15H2,1-2H3. The zero-order valence-corrected chi connectivity index (χ0v) is 11.1. The van der Waals surface area contributed by atoms with Crippen molar-refractivity contribution in [3.05, 3.63) is 23.8 Å². The molecule has 1 aromatic carbocycles. The summed E-state index contributed by atoms with van der Waals surface area (Å²) in [7, 11) is 1.98. The van der Waals surface area contributed by atoms with Crippen molar-refractivity contribution in [3.8, 4) is 11.5 Å². The van der Waals surface area contributed by atoms with Crippen molar-refractivity contribution < 1.29 is 9.47 Å². The highest BCUT2D eigenvalue weighted by atomic mass is 16.6. The molecule has 1 aromatic rings. The monoisotopic (exact) mass is 250 g/mol. The van der Waals surface area contributed by atoms with E-state index < -0.39 is 0 Å². The first-order valence-electron chi connectivity index (χ1n) is 6.53. The maximum atomic E-state index is 5.64. The zero-order chi connectivity index (χ0) is 13.0. The summed E-state index contributed by atoms with van der Waals surface area (Å²) in [5, 5.41) is 3.36. The molecule has 0 bridgehead atoms. The molecule has 0 fully saturated rings. The van der Waals surface area contributed by atoms with Crippen LogP contribution in [-0.4, -0.2) is 26.8 Å². The first-order valence-corrected chi connectivity index (χ1v) is 6.53. The third-order valence-electron chi connectivity index (χ3n) is 3.43. The largest absolute Gasteiger partial charge is 0.486 e. The second-order valence-electron chi connectivity index (χ2n) is 4.72. The van der Waals surface area contributed by atoms with Crippen molar-refractivity contribution in [1.82, 2.24) is 5.32 Å². The van der Waals surface area contributed by atoms with Gasteiger partial charge in [0.2, 0.25) is 0 Å². The maximum Gasteiger partial charge on any atom is 0.161 e. The van der Waals surface area contributed by atoms with Crippen LogP contribution in [0, 0.1) is 5.92 Å². The number of rotatable bonds is 5. The quantitative estimate of drug-likeness (QED) is 0.835. The average Bonchev–Trinajstić information content (AvgIpc) is 2.40. The lowest BCUT2D eigenvalue weighted by atomic mass is 9.92. The van der Waals surface area contributed by atoms with Crippen LogP contribution in [0.4, 0.5) is 0 Å². The minimum absolute atomic E-state index is 0.296. The minimum Gasteiger partial charge on any atom is -0.486 e. The fourth-order valence-electron chi connectivity index (χ4n) is 2.46. The zero-order valence-electron chi connectivity index (χ0n) is 11.1. The molecule has 2 atom stereocenters. The molecule has 1 aliphatic rings. The van der Waals surface area contributed by atoms with Gasteiger partial charge in [0.25, 0.3) is 0 Å². The highest BCUT2D eigenvalue weighted by Gasteiger charge is 2.20. The molecule has 0 spiro atoms. The molecule has 100 valence electrons. The molecule has 4 heteroatoms. The summed E-state index contributed by atoms with van der Waals surface area (Å²) in [5.41, 5.74) is 6.86. The van der Waals surface area contributed by atoms with Crippen LogP contribution in [0.1, 0.15) is 24.9 Å². The van der Waals surface area contributed by atoms with Crippen molar-refractivity contribution in [2.45, 2.75) is 19.4 Å². The summed E-state index contributed by atoms with van der Waals surface area (Å²) in [4.78, 5) is 0.